The topological polar surface area (TPSA) is 21.8 Å². The molecule has 0 aromatic heterocycles. The quantitative estimate of drug-likeness (QED) is 0.688. The summed E-state index contributed by atoms with van der Waals surface area (Å²) in [4.78, 5) is 0. The first-order chi connectivity index (χ1) is 6.09. The Morgan fingerprint density at radius 3 is 2.85 bits per heavy atom. The normalized spacial score (nSPS) is 25.8. The van der Waals surface area contributed by atoms with E-state index < -0.39 is 11.6 Å². The second-order valence-corrected chi connectivity index (χ2v) is 3.51. The Morgan fingerprint density at radius 1 is 1.62 bits per heavy atom. The second-order valence-electron chi connectivity index (χ2n) is 3.10. The molecule has 0 radical (unpaired) electrons. The molecule has 1 saturated heterocycles. The molecule has 0 N–H and O–H groups in total. The summed E-state index contributed by atoms with van der Waals surface area (Å²) >= 11 is 5.51. The van der Waals surface area contributed by atoms with Crippen molar-refractivity contribution in [1.29, 1.82) is 0 Å². The number of rotatable bonds is 2. The summed E-state index contributed by atoms with van der Waals surface area (Å²) in [5.41, 5.74) is 0. The van der Waals surface area contributed by atoms with E-state index in [0.29, 0.717) is 12.4 Å². The molecular formula is C9H8ClFO2. The maximum absolute atomic E-state index is 12.9. The van der Waals surface area contributed by atoms with E-state index >= 15 is 0 Å². The number of hydrogen-bond acceptors (Lipinski definition) is 2. The number of benzene rings is 1. The smallest absolute Gasteiger partial charge is 0.231 e. The number of halogens is 2. The first-order valence-corrected chi connectivity index (χ1v) is 4.25. The SMILES string of the molecule is C[C@@]1(Oc2ccc(Cl)c(F)c2)CO1. The molecule has 1 atom stereocenters. The van der Waals surface area contributed by atoms with Crippen LogP contribution < -0.4 is 4.74 Å². The molecule has 1 aromatic carbocycles. The van der Waals surface area contributed by atoms with Crippen molar-refractivity contribution in [3.63, 3.8) is 0 Å². The number of epoxide rings is 1. The van der Waals surface area contributed by atoms with Gasteiger partial charge in [0.2, 0.25) is 5.79 Å². The molecule has 4 heteroatoms. The van der Waals surface area contributed by atoms with Crippen LogP contribution in [0.5, 0.6) is 5.75 Å². The average molecular weight is 203 g/mol. The van der Waals surface area contributed by atoms with Crippen LogP contribution in [0.15, 0.2) is 18.2 Å². The van der Waals surface area contributed by atoms with Crippen LogP contribution >= 0.6 is 11.6 Å². The van der Waals surface area contributed by atoms with Crippen molar-refractivity contribution in [3.8, 4) is 5.75 Å². The van der Waals surface area contributed by atoms with Crippen LogP contribution in [0.1, 0.15) is 6.92 Å². The van der Waals surface area contributed by atoms with E-state index in [0.717, 1.165) is 0 Å². The van der Waals surface area contributed by atoms with E-state index in [1.807, 2.05) is 0 Å². The lowest BCUT2D eigenvalue weighted by molar-refractivity contribution is 0.0799. The minimum absolute atomic E-state index is 0.0919. The van der Waals surface area contributed by atoms with Crippen molar-refractivity contribution < 1.29 is 13.9 Å². The molecule has 2 rings (SSSR count). The summed E-state index contributed by atoms with van der Waals surface area (Å²) < 4.78 is 23.2. The van der Waals surface area contributed by atoms with E-state index in [9.17, 15) is 4.39 Å². The molecule has 0 bridgehead atoms. The first kappa shape index (κ1) is 8.78. The van der Waals surface area contributed by atoms with Crippen LogP contribution in [0.3, 0.4) is 0 Å². The molecule has 2 nitrogen and oxygen atoms in total. The first-order valence-electron chi connectivity index (χ1n) is 3.87. The van der Waals surface area contributed by atoms with Gasteiger partial charge in [-0.25, -0.2) is 4.39 Å². The molecule has 1 aliphatic heterocycles. The maximum atomic E-state index is 12.9. The zero-order valence-electron chi connectivity index (χ0n) is 7.01. The molecule has 0 unspecified atom stereocenters. The van der Waals surface area contributed by atoms with Gasteiger partial charge in [0.25, 0.3) is 0 Å². The van der Waals surface area contributed by atoms with Crippen molar-refractivity contribution in [2.24, 2.45) is 0 Å². The van der Waals surface area contributed by atoms with E-state index in [-0.39, 0.29) is 5.02 Å². The summed E-state index contributed by atoms with van der Waals surface area (Å²) in [5, 5.41) is 0.0919. The molecule has 1 aliphatic rings. The van der Waals surface area contributed by atoms with Gasteiger partial charge in [-0.05, 0) is 12.1 Å². The Balaban J connectivity index is 2.17. The van der Waals surface area contributed by atoms with E-state index in [1.165, 1.54) is 12.1 Å². The van der Waals surface area contributed by atoms with Gasteiger partial charge in [-0.3, -0.25) is 0 Å². The van der Waals surface area contributed by atoms with Gasteiger partial charge in [0, 0.05) is 13.0 Å². The van der Waals surface area contributed by atoms with E-state index in [4.69, 9.17) is 21.1 Å². The molecule has 0 spiro atoms. The highest BCUT2D eigenvalue weighted by Gasteiger charge is 2.42. The molecule has 0 aliphatic carbocycles. The molecule has 0 saturated carbocycles. The Bertz CT molecular complexity index is 336. The predicted octanol–water partition coefficient (Wildman–Crippen LogP) is 2.60. The van der Waals surface area contributed by atoms with Crippen molar-refractivity contribution in [2.75, 3.05) is 6.61 Å². The van der Waals surface area contributed by atoms with Crippen LogP contribution in [-0.4, -0.2) is 12.4 Å². The predicted molar refractivity (Wildman–Crippen MR) is 46.4 cm³/mol. The molecule has 1 heterocycles. The lowest BCUT2D eigenvalue weighted by atomic mass is 10.3. The van der Waals surface area contributed by atoms with Gasteiger partial charge in [0.05, 0.1) is 5.02 Å². The third kappa shape index (κ3) is 1.92. The molecule has 1 fully saturated rings. The Morgan fingerprint density at radius 2 is 2.31 bits per heavy atom. The molecule has 13 heavy (non-hydrogen) atoms. The second kappa shape index (κ2) is 2.86. The Labute approximate surface area is 80.2 Å². The van der Waals surface area contributed by atoms with Crippen molar-refractivity contribution in [1.82, 2.24) is 0 Å². The lowest BCUT2D eigenvalue weighted by Crippen LogP contribution is -2.14. The standard InChI is InChI=1S/C9H8ClFO2/c1-9(5-12-9)13-6-2-3-7(10)8(11)4-6/h2-4H,5H2,1H3/t9-/m1/s1. The van der Waals surface area contributed by atoms with Crippen molar-refractivity contribution in [3.05, 3.63) is 29.0 Å². The maximum Gasteiger partial charge on any atom is 0.231 e. The van der Waals surface area contributed by atoms with Crippen LogP contribution in [0.2, 0.25) is 5.02 Å². The van der Waals surface area contributed by atoms with Gasteiger partial charge < -0.3 is 9.47 Å². The van der Waals surface area contributed by atoms with E-state index in [1.54, 1.807) is 13.0 Å². The minimum atomic E-state index is -0.569. The van der Waals surface area contributed by atoms with Crippen molar-refractivity contribution in [2.45, 2.75) is 12.7 Å². The van der Waals surface area contributed by atoms with Gasteiger partial charge in [0.15, 0.2) is 0 Å². The zero-order valence-corrected chi connectivity index (χ0v) is 7.77. The highest BCUT2D eigenvalue weighted by molar-refractivity contribution is 6.30. The van der Waals surface area contributed by atoms with Gasteiger partial charge in [-0.2, -0.15) is 0 Å². The lowest BCUT2D eigenvalue weighted by Gasteiger charge is -2.09. The molecule has 0 amide bonds. The largest absolute Gasteiger partial charge is 0.460 e. The van der Waals surface area contributed by atoms with Gasteiger partial charge in [-0.1, -0.05) is 11.6 Å². The highest BCUT2D eigenvalue weighted by Crippen LogP contribution is 2.31. The zero-order chi connectivity index (χ0) is 9.47. The van der Waals surface area contributed by atoms with Crippen LogP contribution in [0.25, 0.3) is 0 Å². The van der Waals surface area contributed by atoms with Crippen LogP contribution in [0, 0.1) is 5.82 Å². The van der Waals surface area contributed by atoms with Gasteiger partial charge in [-0.15, -0.1) is 0 Å². The Kier molecular flexibility index (Phi) is 1.93. The van der Waals surface area contributed by atoms with Gasteiger partial charge >= 0.3 is 0 Å². The van der Waals surface area contributed by atoms with Crippen molar-refractivity contribution >= 4 is 11.6 Å². The molecule has 70 valence electrons. The summed E-state index contributed by atoms with van der Waals surface area (Å²) in [5.74, 6) is -0.620. The number of hydrogen-bond donors (Lipinski definition) is 0. The van der Waals surface area contributed by atoms with Crippen LogP contribution in [0.4, 0.5) is 4.39 Å². The fourth-order valence-corrected chi connectivity index (χ4v) is 1.07. The summed E-state index contributed by atoms with van der Waals surface area (Å²) in [7, 11) is 0. The molecule has 1 aromatic rings. The fraction of sp³-hybridized carbons (Fsp3) is 0.333. The average Bonchev–Trinajstić information content (AvgIpc) is 2.76. The van der Waals surface area contributed by atoms with Crippen LogP contribution in [-0.2, 0) is 4.74 Å². The van der Waals surface area contributed by atoms with E-state index in [2.05, 4.69) is 0 Å². The summed E-state index contributed by atoms with van der Waals surface area (Å²) in [6.45, 7) is 2.33. The number of ether oxygens (including phenoxy) is 2. The minimum Gasteiger partial charge on any atom is -0.460 e. The Hall–Kier alpha value is -0.800. The molecular weight excluding hydrogens is 195 g/mol. The summed E-state index contributed by atoms with van der Waals surface area (Å²) in [6.07, 6.45) is 0. The van der Waals surface area contributed by atoms with Gasteiger partial charge in [0.1, 0.15) is 18.2 Å². The third-order valence-electron chi connectivity index (χ3n) is 1.78. The summed E-state index contributed by atoms with van der Waals surface area (Å²) in [6, 6.07) is 4.31. The third-order valence-corrected chi connectivity index (χ3v) is 2.08. The highest BCUT2D eigenvalue weighted by atomic mass is 35.5. The fourth-order valence-electron chi connectivity index (χ4n) is 0.950. The monoisotopic (exact) mass is 202 g/mol.